The van der Waals surface area contributed by atoms with Crippen molar-refractivity contribution in [2.45, 2.75) is 6.54 Å². The van der Waals surface area contributed by atoms with Gasteiger partial charge in [0.25, 0.3) is 0 Å². The first-order chi connectivity index (χ1) is 8.19. The number of rotatable bonds is 4. The highest BCUT2D eigenvalue weighted by Crippen LogP contribution is 2.22. The van der Waals surface area contributed by atoms with Gasteiger partial charge in [-0.2, -0.15) is 0 Å². The molecule has 1 aromatic carbocycles. The molecule has 90 valence electrons. The smallest absolute Gasteiger partial charge is 0.169 e. The monoisotopic (exact) mass is 299 g/mol. The minimum atomic E-state index is -0.376. The van der Waals surface area contributed by atoms with Crippen molar-refractivity contribution in [2.24, 2.45) is 0 Å². The van der Waals surface area contributed by atoms with Crippen molar-refractivity contribution < 1.29 is 13.5 Å². The number of nitrogens with one attached hydrogen (secondary N) is 1. The number of ether oxygens (including phenoxy) is 1. The van der Waals surface area contributed by atoms with Crippen molar-refractivity contribution in [1.82, 2.24) is 0 Å². The van der Waals surface area contributed by atoms with Gasteiger partial charge in [-0.3, -0.25) is 0 Å². The van der Waals surface area contributed by atoms with Gasteiger partial charge in [0.05, 0.1) is 13.7 Å². The maximum atomic E-state index is 13.2. The zero-order chi connectivity index (χ0) is 12.3. The first-order valence-electron chi connectivity index (χ1n) is 5.00. The molecule has 0 radical (unpaired) electrons. The summed E-state index contributed by atoms with van der Waals surface area (Å²) in [5.41, 5.74) is 0.774. The molecule has 0 aliphatic carbocycles. The van der Waals surface area contributed by atoms with Crippen LogP contribution in [0.2, 0.25) is 0 Å². The molecule has 2 rings (SSSR count). The van der Waals surface area contributed by atoms with Crippen molar-refractivity contribution >= 4 is 21.6 Å². The lowest BCUT2D eigenvalue weighted by atomic mass is 10.3. The molecule has 0 spiro atoms. The van der Waals surface area contributed by atoms with Crippen molar-refractivity contribution in [3.63, 3.8) is 0 Å². The third kappa shape index (κ3) is 3.00. The quantitative estimate of drug-likeness (QED) is 0.932. The number of hydrogen-bond donors (Lipinski definition) is 1. The summed E-state index contributed by atoms with van der Waals surface area (Å²) in [5.74, 6) is 0.634. The molecule has 0 fully saturated rings. The van der Waals surface area contributed by atoms with Gasteiger partial charge < -0.3 is 14.5 Å². The molecule has 0 aliphatic heterocycles. The standard InChI is InChI=1S/C12H11BrFNO2/c1-16-11-6-8(2-4-10(11)14)15-7-9-3-5-12(13)17-9/h2-6,15H,7H2,1H3. The molecule has 1 N–H and O–H groups in total. The number of furan rings is 1. The van der Waals surface area contributed by atoms with Gasteiger partial charge in [0.2, 0.25) is 0 Å². The van der Waals surface area contributed by atoms with E-state index in [4.69, 9.17) is 9.15 Å². The average Bonchev–Trinajstić information content (AvgIpc) is 2.74. The summed E-state index contributed by atoms with van der Waals surface area (Å²) in [6.07, 6.45) is 0. The second kappa shape index (κ2) is 5.23. The summed E-state index contributed by atoms with van der Waals surface area (Å²) in [6.45, 7) is 0.528. The van der Waals surface area contributed by atoms with E-state index in [0.717, 1.165) is 11.4 Å². The zero-order valence-electron chi connectivity index (χ0n) is 9.17. The van der Waals surface area contributed by atoms with E-state index in [1.54, 1.807) is 12.1 Å². The van der Waals surface area contributed by atoms with Gasteiger partial charge in [0.15, 0.2) is 16.2 Å². The molecule has 3 nitrogen and oxygen atoms in total. The van der Waals surface area contributed by atoms with Crippen molar-refractivity contribution in [2.75, 3.05) is 12.4 Å². The normalized spacial score (nSPS) is 10.3. The molecule has 0 bridgehead atoms. The Bertz CT molecular complexity index is 513. The topological polar surface area (TPSA) is 34.4 Å². The first-order valence-corrected chi connectivity index (χ1v) is 5.80. The maximum absolute atomic E-state index is 13.2. The van der Waals surface area contributed by atoms with Crippen LogP contribution in [-0.2, 0) is 6.54 Å². The Morgan fingerprint density at radius 1 is 1.35 bits per heavy atom. The fraction of sp³-hybridized carbons (Fsp3) is 0.167. The van der Waals surface area contributed by atoms with Crippen LogP contribution >= 0.6 is 15.9 Å². The van der Waals surface area contributed by atoms with Gasteiger partial charge >= 0.3 is 0 Å². The van der Waals surface area contributed by atoms with Crippen LogP contribution < -0.4 is 10.1 Å². The highest BCUT2D eigenvalue weighted by molar-refractivity contribution is 9.10. The fourth-order valence-electron chi connectivity index (χ4n) is 1.41. The lowest BCUT2D eigenvalue weighted by Crippen LogP contribution is -1.99. The summed E-state index contributed by atoms with van der Waals surface area (Å²) in [5, 5.41) is 3.11. The molecule has 2 aromatic rings. The SMILES string of the molecule is COc1cc(NCc2ccc(Br)o2)ccc1F. The third-order valence-corrected chi connectivity index (χ3v) is 2.67. The van der Waals surface area contributed by atoms with Crippen LogP contribution in [0.15, 0.2) is 39.4 Å². The number of halogens is 2. The van der Waals surface area contributed by atoms with Crippen LogP contribution in [0.5, 0.6) is 5.75 Å². The van der Waals surface area contributed by atoms with E-state index in [-0.39, 0.29) is 11.6 Å². The predicted molar refractivity (Wildman–Crippen MR) is 66.7 cm³/mol. The molecule has 5 heteroatoms. The number of hydrogen-bond acceptors (Lipinski definition) is 3. The molecular formula is C12H11BrFNO2. The van der Waals surface area contributed by atoms with Gasteiger partial charge in [0.1, 0.15) is 5.76 Å². The van der Waals surface area contributed by atoms with Crippen LogP contribution in [0, 0.1) is 5.82 Å². The Labute approximate surface area is 107 Å². The number of anilines is 1. The zero-order valence-corrected chi connectivity index (χ0v) is 10.8. The summed E-state index contributed by atoms with van der Waals surface area (Å²) in [4.78, 5) is 0. The minimum Gasteiger partial charge on any atom is -0.494 e. The van der Waals surface area contributed by atoms with E-state index in [1.807, 2.05) is 12.1 Å². The Morgan fingerprint density at radius 2 is 2.18 bits per heavy atom. The Balaban J connectivity index is 2.04. The van der Waals surface area contributed by atoms with Crippen molar-refractivity contribution in [3.05, 3.63) is 46.6 Å². The van der Waals surface area contributed by atoms with Gasteiger partial charge in [-0.1, -0.05) is 0 Å². The Kier molecular flexibility index (Phi) is 3.68. The van der Waals surface area contributed by atoms with Crippen LogP contribution in [0.4, 0.5) is 10.1 Å². The maximum Gasteiger partial charge on any atom is 0.169 e. The van der Waals surface area contributed by atoms with E-state index in [1.165, 1.54) is 13.2 Å². The highest BCUT2D eigenvalue weighted by Gasteiger charge is 2.04. The van der Waals surface area contributed by atoms with E-state index in [9.17, 15) is 4.39 Å². The van der Waals surface area contributed by atoms with Crippen LogP contribution in [0.3, 0.4) is 0 Å². The van der Waals surface area contributed by atoms with Crippen molar-refractivity contribution in [1.29, 1.82) is 0 Å². The molecular weight excluding hydrogens is 289 g/mol. The summed E-state index contributed by atoms with van der Waals surface area (Å²) >= 11 is 3.23. The predicted octanol–water partition coefficient (Wildman–Crippen LogP) is 3.80. The van der Waals surface area contributed by atoms with Crippen LogP contribution in [0.1, 0.15) is 5.76 Å². The summed E-state index contributed by atoms with van der Waals surface area (Å²) in [7, 11) is 1.44. The van der Waals surface area contributed by atoms with Gasteiger partial charge in [-0.15, -0.1) is 0 Å². The second-order valence-corrected chi connectivity index (χ2v) is 4.19. The summed E-state index contributed by atoms with van der Waals surface area (Å²) < 4.78 is 24.1. The second-order valence-electron chi connectivity index (χ2n) is 3.41. The van der Waals surface area contributed by atoms with Gasteiger partial charge in [0, 0.05) is 11.8 Å². The number of benzene rings is 1. The molecule has 0 amide bonds. The van der Waals surface area contributed by atoms with Crippen LogP contribution in [-0.4, -0.2) is 7.11 Å². The third-order valence-electron chi connectivity index (χ3n) is 2.25. The summed E-state index contributed by atoms with van der Waals surface area (Å²) in [6, 6.07) is 8.29. The van der Waals surface area contributed by atoms with E-state index in [2.05, 4.69) is 21.2 Å². The van der Waals surface area contributed by atoms with Gasteiger partial charge in [-0.05, 0) is 40.2 Å². The van der Waals surface area contributed by atoms with E-state index >= 15 is 0 Å². The molecule has 1 aromatic heterocycles. The molecule has 0 saturated carbocycles. The average molecular weight is 300 g/mol. The molecule has 1 heterocycles. The Hall–Kier alpha value is -1.49. The highest BCUT2D eigenvalue weighted by atomic mass is 79.9. The Morgan fingerprint density at radius 3 is 2.82 bits per heavy atom. The van der Waals surface area contributed by atoms with Crippen LogP contribution in [0.25, 0.3) is 0 Å². The minimum absolute atomic E-state index is 0.218. The van der Waals surface area contributed by atoms with Gasteiger partial charge in [-0.25, -0.2) is 4.39 Å². The largest absolute Gasteiger partial charge is 0.494 e. The molecule has 0 atom stereocenters. The lowest BCUT2D eigenvalue weighted by molar-refractivity contribution is 0.387. The van der Waals surface area contributed by atoms with E-state index in [0.29, 0.717) is 11.2 Å². The molecule has 0 aliphatic rings. The molecule has 0 unspecified atom stereocenters. The molecule has 0 saturated heterocycles. The fourth-order valence-corrected chi connectivity index (χ4v) is 1.75. The first kappa shape index (κ1) is 12.0. The van der Waals surface area contributed by atoms with Crippen molar-refractivity contribution in [3.8, 4) is 5.75 Å². The van der Waals surface area contributed by atoms with E-state index < -0.39 is 0 Å². The lowest BCUT2D eigenvalue weighted by Gasteiger charge is -2.07. The molecule has 17 heavy (non-hydrogen) atoms. The number of methoxy groups -OCH3 is 1.